The van der Waals surface area contributed by atoms with Crippen LogP contribution in [0.3, 0.4) is 0 Å². The average Bonchev–Trinajstić information content (AvgIpc) is 2.44. The lowest BCUT2D eigenvalue weighted by Crippen LogP contribution is -2.40. The van der Waals surface area contributed by atoms with Gasteiger partial charge >= 0.3 is 5.97 Å². The van der Waals surface area contributed by atoms with Gasteiger partial charge in [-0.3, -0.25) is 9.59 Å². The number of likely N-dealkylation sites (N-methyl/N-ethyl adjacent to an activating group) is 1. The molecule has 8 heteroatoms. The van der Waals surface area contributed by atoms with Crippen molar-refractivity contribution in [2.75, 3.05) is 19.0 Å². The van der Waals surface area contributed by atoms with Crippen molar-refractivity contribution >= 4 is 27.6 Å². The molecule has 1 rings (SSSR count). The number of benzene rings is 1. The molecule has 1 aromatic rings. The van der Waals surface area contributed by atoms with Gasteiger partial charge in [-0.2, -0.15) is 4.31 Å². The van der Waals surface area contributed by atoms with Crippen molar-refractivity contribution in [2.45, 2.75) is 24.8 Å². The quantitative estimate of drug-likeness (QED) is 0.866. The maximum absolute atomic E-state index is 12.3. The minimum atomic E-state index is -3.90. The fourth-order valence-corrected chi connectivity index (χ4v) is 2.87. The van der Waals surface area contributed by atoms with Crippen LogP contribution >= 0.6 is 0 Å². The monoisotopic (exact) mass is 314 g/mol. The van der Waals surface area contributed by atoms with Gasteiger partial charge < -0.3 is 10.0 Å². The summed E-state index contributed by atoms with van der Waals surface area (Å²) in [6.45, 7) is 2.69. The number of amides is 1. The molecule has 0 aliphatic carbocycles. The normalized spacial score (nSPS) is 13.0. The fraction of sp³-hybridized carbons (Fsp3) is 0.385. The third-order valence-corrected chi connectivity index (χ3v) is 5.22. The third-order valence-electron chi connectivity index (χ3n) is 3.28. The van der Waals surface area contributed by atoms with Crippen molar-refractivity contribution in [3.05, 3.63) is 24.3 Å². The first-order valence-corrected chi connectivity index (χ1v) is 7.58. The smallest absolute Gasteiger partial charge is 0.321 e. The second kappa shape index (κ2) is 6.23. The molecule has 0 fully saturated rings. The Morgan fingerprint density at radius 2 is 1.62 bits per heavy atom. The lowest BCUT2D eigenvalue weighted by Gasteiger charge is -2.21. The molecular formula is C13H18N2O5S. The molecule has 0 aliphatic heterocycles. The Labute approximate surface area is 123 Å². The van der Waals surface area contributed by atoms with E-state index in [4.69, 9.17) is 5.11 Å². The van der Waals surface area contributed by atoms with Crippen LogP contribution in [-0.4, -0.2) is 49.8 Å². The van der Waals surface area contributed by atoms with Crippen molar-refractivity contribution in [3.8, 4) is 0 Å². The average molecular weight is 314 g/mol. The maximum Gasteiger partial charge on any atom is 0.321 e. The summed E-state index contributed by atoms with van der Waals surface area (Å²) < 4.78 is 25.3. The first kappa shape index (κ1) is 17.1. The third kappa shape index (κ3) is 3.59. The van der Waals surface area contributed by atoms with E-state index in [0.29, 0.717) is 5.69 Å². The number of rotatable bonds is 5. The molecule has 116 valence electrons. The molecule has 0 heterocycles. The minimum Gasteiger partial charge on any atom is -0.480 e. The number of sulfonamides is 1. The number of anilines is 1. The molecule has 1 unspecified atom stereocenters. The number of hydrogen-bond acceptors (Lipinski definition) is 4. The zero-order chi connectivity index (χ0) is 16.4. The van der Waals surface area contributed by atoms with E-state index in [2.05, 4.69) is 0 Å². The molecule has 0 aliphatic rings. The number of carboxylic acid groups (broad SMARTS) is 1. The number of carbonyl (C=O) groups is 2. The van der Waals surface area contributed by atoms with Gasteiger partial charge in [-0.05, 0) is 31.2 Å². The van der Waals surface area contributed by atoms with Crippen LogP contribution in [0.1, 0.15) is 13.8 Å². The summed E-state index contributed by atoms with van der Waals surface area (Å²) in [6, 6.07) is 4.50. The summed E-state index contributed by atoms with van der Waals surface area (Å²) in [4.78, 5) is 23.5. The van der Waals surface area contributed by atoms with Crippen molar-refractivity contribution in [2.24, 2.45) is 0 Å². The predicted molar refractivity (Wildman–Crippen MR) is 77.6 cm³/mol. The Morgan fingerprint density at radius 1 is 1.14 bits per heavy atom. The van der Waals surface area contributed by atoms with Crippen LogP contribution in [0.4, 0.5) is 5.69 Å². The topological polar surface area (TPSA) is 95.0 Å². The van der Waals surface area contributed by atoms with E-state index in [1.54, 1.807) is 7.05 Å². The van der Waals surface area contributed by atoms with Gasteiger partial charge in [0.2, 0.25) is 15.9 Å². The summed E-state index contributed by atoms with van der Waals surface area (Å²) in [5, 5.41) is 8.89. The first-order valence-electron chi connectivity index (χ1n) is 6.14. The Hall–Kier alpha value is -1.93. The largest absolute Gasteiger partial charge is 0.480 e. The summed E-state index contributed by atoms with van der Waals surface area (Å²) in [7, 11) is -1.11. The molecule has 1 atom stereocenters. The number of carbonyl (C=O) groups excluding carboxylic acids is 1. The Morgan fingerprint density at radius 3 is 2.00 bits per heavy atom. The molecule has 0 spiro atoms. The molecule has 0 saturated carbocycles. The van der Waals surface area contributed by atoms with E-state index in [9.17, 15) is 18.0 Å². The van der Waals surface area contributed by atoms with Crippen molar-refractivity contribution in [1.29, 1.82) is 0 Å². The van der Waals surface area contributed by atoms with Crippen LogP contribution in [-0.2, 0) is 19.6 Å². The van der Waals surface area contributed by atoms with Gasteiger partial charge in [0.05, 0.1) is 4.90 Å². The number of carboxylic acids is 1. The van der Waals surface area contributed by atoms with Crippen LogP contribution in [0.25, 0.3) is 0 Å². The molecule has 0 radical (unpaired) electrons. The standard InChI is InChI=1S/C13H18N2O5S/c1-9(13(17)18)15(4)21(19,20)12-7-5-11(6-8-12)14(3)10(2)16/h5-9H,1-4H3,(H,17,18). The second-order valence-electron chi connectivity index (χ2n) is 4.61. The van der Waals surface area contributed by atoms with Crippen molar-refractivity contribution in [3.63, 3.8) is 0 Å². The number of aliphatic carboxylic acids is 1. The van der Waals surface area contributed by atoms with Gasteiger partial charge in [-0.15, -0.1) is 0 Å². The lowest BCUT2D eigenvalue weighted by atomic mass is 10.3. The summed E-state index contributed by atoms with van der Waals surface area (Å²) in [5.74, 6) is -1.41. The van der Waals surface area contributed by atoms with E-state index in [1.807, 2.05) is 0 Å². The van der Waals surface area contributed by atoms with Gasteiger partial charge in [0.25, 0.3) is 0 Å². The Bertz CT molecular complexity index is 639. The molecule has 21 heavy (non-hydrogen) atoms. The zero-order valence-electron chi connectivity index (χ0n) is 12.3. The number of nitrogens with zero attached hydrogens (tertiary/aromatic N) is 2. The minimum absolute atomic E-state index is 0.0289. The van der Waals surface area contributed by atoms with Gasteiger partial charge in [0, 0.05) is 26.7 Å². The maximum atomic E-state index is 12.3. The first-order chi connectivity index (χ1) is 9.59. The summed E-state index contributed by atoms with van der Waals surface area (Å²) >= 11 is 0. The molecule has 0 aromatic heterocycles. The molecule has 1 amide bonds. The molecule has 7 nitrogen and oxygen atoms in total. The molecule has 0 saturated heterocycles. The molecule has 1 aromatic carbocycles. The highest BCUT2D eigenvalue weighted by atomic mass is 32.2. The van der Waals surface area contributed by atoms with Gasteiger partial charge in [0.15, 0.2) is 0 Å². The van der Waals surface area contributed by atoms with Gasteiger partial charge in [-0.25, -0.2) is 8.42 Å². The van der Waals surface area contributed by atoms with Crippen molar-refractivity contribution in [1.82, 2.24) is 4.31 Å². The van der Waals surface area contributed by atoms with Crippen LogP contribution in [0, 0.1) is 0 Å². The van der Waals surface area contributed by atoms with E-state index in [0.717, 1.165) is 4.31 Å². The SMILES string of the molecule is CC(=O)N(C)c1ccc(S(=O)(=O)N(C)C(C)C(=O)O)cc1. The van der Waals surface area contributed by atoms with Crippen LogP contribution < -0.4 is 4.90 Å². The van der Waals surface area contributed by atoms with Crippen LogP contribution in [0.15, 0.2) is 29.2 Å². The second-order valence-corrected chi connectivity index (χ2v) is 6.60. The summed E-state index contributed by atoms with van der Waals surface area (Å²) in [5.41, 5.74) is 0.551. The predicted octanol–water partition coefficient (Wildman–Crippen LogP) is 0.763. The molecule has 1 N–H and O–H groups in total. The zero-order valence-corrected chi connectivity index (χ0v) is 13.1. The van der Waals surface area contributed by atoms with Crippen LogP contribution in [0.2, 0.25) is 0 Å². The molecular weight excluding hydrogens is 296 g/mol. The lowest BCUT2D eigenvalue weighted by molar-refractivity contribution is -0.140. The highest BCUT2D eigenvalue weighted by Gasteiger charge is 2.29. The van der Waals surface area contributed by atoms with E-state index in [-0.39, 0.29) is 10.8 Å². The van der Waals surface area contributed by atoms with E-state index < -0.39 is 22.0 Å². The highest BCUT2D eigenvalue weighted by molar-refractivity contribution is 7.89. The Kier molecular flexibility index (Phi) is 5.08. The van der Waals surface area contributed by atoms with Gasteiger partial charge in [-0.1, -0.05) is 0 Å². The summed E-state index contributed by atoms with van der Waals surface area (Å²) in [6.07, 6.45) is 0. The van der Waals surface area contributed by atoms with Crippen molar-refractivity contribution < 1.29 is 23.1 Å². The number of hydrogen-bond donors (Lipinski definition) is 1. The van der Waals surface area contributed by atoms with Crippen LogP contribution in [0.5, 0.6) is 0 Å². The fourth-order valence-electron chi connectivity index (χ4n) is 1.55. The van der Waals surface area contributed by atoms with Gasteiger partial charge in [0.1, 0.15) is 6.04 Å². The molecule has 0 bridgehead atoms. The Balaban J connectivity index is 3.11. The van der Waals surface area contributed by atoms with E-state index >= 15 is 0 Å². The highest BCUT2D eigenvalue weighted by Crippen LogP contribution is 2.20. The van der Waals surface area contributed by atoms with E-state index in [1.165, 1.54) is 50.1 Å².